The van der Waals surface area contributed by atoms with Crippen LogP contribution >= 0.6 is 0 Å². The summed E-state index contributed by atoms with van der Waals surface area (Å²) >= 11 is 0. The van der Waals surface area contributed by atoms with Crippen LogP contribution < -0.4 is 4.90 Å². The predicted molar refractivity (Wildman–Crippen MR) is 106 cm³/mol. The molecule has 2 fully saturated rings. The normalized spacial score (nSPS) is 20.3. The van der Waals surface area contributed by atoms with E-state index in [1.807, 2.05) is 12.3 Å². The number of aromatic nitrogens is 4. The average molecular weight is 375 g/mol. The van der Waals surface area contributed by atoms with Gasteiger partial charge in [0.1, 0.15) is 11.2 Å². The lowest BCUT2D eigenvalue weighted by Gasteiger charge is -2.34. The molecule has 7 nitrogen and oxygen atoms in total. The van der Waals surface area contributed by atoms with Gasteiger partial charge in [-0.1, -0.05) is 17.3 Å². The van der Waals surface area contributed by atoms with E-state index in [0.717, 1.165) is 58.7 Å². The summed E-state index contributed by atoms with van der Waals surface area (Å²) in [7, 11) is 0. The average Bonchev–Trinajstić information content (AvgIpc) is 3.28. The Hall–Kier alpha value is -2.93. The minimum absolute atomic E-state index is 0.220. The summed E-state index contributed by atoms with van der Waals surface area (Å²) in [6.45, 7) is 4.29. The zero-order valence-corrected chi connectivity index (χ0v) is 15.7. The van der Waals surface area contributed by atoms with E-state index in [1.165, 1.54) is 0 Å². The van der Waals surface area contributed by atoms with Gasteiger partial charge in [0.15, 0.2) is 11.6 Å². The SMILES string of the molecule is C[C@@H]1COCCN1c1nc(-c2cccc3[nH]ccc23)nc2c(C3CC3)noc12. The topological polar surface area (TPSA) is 80.1 Å². The van der Waals surface area contributed by atoms with Crippen LogP contribution in [0.4, 0.5) is 5.82 Å². The van der Waals surface area contributed by atoms with E-state index < -0.39 is 0 Å². The fourth-order valence-corrected chi connectivity index (χ4v) is 4.10. The lowest BCUT2D eigenvalue weighted by atomic mass is 10.1. The summed E-state index contributed by atoms with van der Waals surface area (Å²) < 4.78 is 11.4. The summed E-state index contributed by atoms with van der Waals surface area (Å²) in [5.41, 5.74) is 4.62. The second kappa shape index (κ2) is 6.04. The summed E-state index contributed by atoms with van der Waals surface area (Å²) in [5.74, 6) is 2.00. The first-order valence-electron chi connectivity index (χ1n) is 9.88. The van der Waals surface area contributed by atoms with Crippen molar-refractivity contribution in [1.82, 2.24) is 20.1 Å². The van der Waals surface area contributed by atoms with Crippen LogP contribution in [0.25, 0.3) is 33.4 Å². The van der Waals surface area contributed by atoms with E-state index in [-0.39, 0.29) is 6.04 Å². The number of rotatable bonds is 3. The van der Waals surface area contributed by atoms with Crippen molar-refractivity contribution in [3.05, 3.63) is 36.2 Å². The minimum atomic E-state index is 0.220. The van der Waals surface area contributed by atoms with E-state index in [1.54, 1.807) is 0 Å². The van der Waals surface area contributed by atoms with Gasteiger partial charge in [0.2, 0.25) is 5.58 Å². The van der Waals surface area contributed by atoms with Crippen LogP contribution in [-0.4, -0.2) is 45.9 Å². The standard InChI is InChI=1S/C21H21N5O2/c1-12-11-27-10-9-26(12)21-19-18(17(25-28-19)13-5-6-13)23-20(24-21)15-3-2-4-16-14(15)7-8-22-16/h2-4,7-8,12-13,22H,5-6,9-11H2,1H3/t12-/m1/s1. The molecule has 1 aromatic carbocycles. The number of morpholine rings is 1. The van der Waals surface area contributed by atoms with Gasteiger partial charge in [-0.05, 0) is 31.9 Å². The minimum Gasteiger partial charge on any atom is -0.377 e. The number of nitrogens with one attached hydrogen (secondary N) is 1. The van der Waals surface area contributed by atoms with Crippen molar-refractivity contribution in [3.63, 3.8) is 0 Å². The fourth-order valence-electron chi connectivity index (χ4n) is 4.10. The van der Waals surface area contributed by atoms with E-state index in [9.17, 15) is 0 Å². The second-order valence-electron chi connectivity index (χ2n) is 7.75. The molecule has 1 aliphatic carbocycles. The zero-order chi connectivity index (χ0) is 18.7. The van der Waals surface area contributed by atoms with Crippen molar-refractivity contribution in [2.24, 2.45) is 0 Å². The van der Waals surface area contributed by atoms with Gasteiger partial charge < -0.3 is 19.1 Å². The van der Waals surface area contributed by atoms with Gasteiger partial charge in [-0.25, -0.2) is 9.97 Å². The van der Waals surface area contributed by atoms with Crippen LogP contribution in [0.5, 0.6) is 0 Å². The van der Waals surface area contributed by atoms with Gasteiger partial charge in [-0.3, -0.25) is 0 Å². The molecule has 142 valence electrons. The molecule has 7 heteroatoms. The van der Waals surface area contributed by atoms with Crippen molar-refractivity contribution in [3.8, 4) is 11.4 Å². The van der Waals surface area contributed by atoms with Gasteiger partial charge in [0.25, 0.3) is 0 Å². The summed E-state index contributed by atoms with van der Waals surface area (Å²) in [6, 6.07) is 8.47. The smallest absolute Gasteiger partial charge is 0.228 e. The first-order valence-corrected chi connectivity index (χ1v) is 9.88. The highest BCUT2D eigenvalue weighted by Gasteiger charge is 2.33. The molecular weight excluding hydrogens is 354 g/mol. The molecule has 1 atom stereocenters. The summed E-state index contributed by atoms with van der Waals surface area (Å²) in [6.07, 6.45) is 4.25. The number of H-pyrrole nitrogens is 1. The Labute approximate surface area is 161 Å². The van der Waals surface area contributed by atoms with Crippen LogP contribution in [0, 0.1) is 0 Å². The van der Waals surface area contributed by atoms with Crippen LogP contribution in [-0.2, 0) is 4.74 Å². The molecule has 28 heavy (non-hydrogen) atoms. The molecule has 0 spiro atoms. The molecule has 1 saturated heterocycles. The van der Waals surface area contributed by atoms with Gasteiger partial charge in [-0.2, -0.15) is 0 Å². The van der Waals surface area contributed by atoms with Gasteiger partial charge in [-0.15, -0.1) is 0 Å². The zero-order valence-electron chi connectivity index (χ0n) is 15.7. The maximum Gasteiger partial charge on any atom is 0.228 e. The number of benzene rings is 1. The Morgan fingerprint density at radius 1 is 1.18 bits per heavy atom. The maximum atomic E-state index is 5.78. The fraction of sp³-hybridized carbons (Fsp3) is 0.381. The van der Waals surface area contributed by atoms with Crippen molar-refractivity contribution >= 4 is 27.8 Å². The highest BCUT2D eigenvalue weighted by Crippen LogP contribution is 2.44. The van der Waals surface area contributed by atoms with Gasteiger partial charge in [0.05, 0.1) is 19.3 Å². The molecule has 4 heterocycles. The molecule has 0 radical (unpaired) electrons. The molecule has 1 aliphatic heterocycles. The van der Waals surface area contributed by atoms with Crippen LogP contribution in [0.3, 0.4) is 0 Å². The van der Waals surface area contributed by atoms with Gasteiger partial charge in [0, 0.05) is 35.1 Å². The molecular formula is C21H21N5O2. The highest BCUT2D eigenvalue weighted by atomic mass is 16.5. The molecule has 3 aromatic heterocycles. The molecule has 1 saturated carbocycles. The summed E-state index contributed by atoms with van der Waals surface area (Å²) in [5, 5.41) is 5.50. The van der Waals surface area contributed by atoms with Crippen LogP contribution in [0.2, 0.25) is 0 Å². The Morgan fingerprint density at radius 2 is 2.11 bits per heavy atom. The third-order valence-electron chi connectivity index (χ3n) is 5.77. The number of hydrogen-bond donors (Lipinski definition) is 1. The number of ether oxygens (including phenoxy) is 1. The molecule has 1 N–H and O–H groups in total. The molecule has 6 rings (SSSR count). The predicted octanol–water partition coefficient (Wildman–Crippen LogP) is 3.87. The second-order valence-corrected chi connectivity index (χ2v) is 7.75. The van der Waals surface area contributed by atoms with E-state index in [4.69, 9.17) is 19.2 Å². The molecule has 2 aliphatic rings. The Morgan fingerprint density at radius 3 is 2.96 bits per heavy atom. The number of nitrogens with zero attached hydrogens (tertiary/aromatic N) is 4. The number of hydrogen-bond acceptors (Lipinski definition) is 6. The van der Waals surface area contributed by atoms with Crippen molar-refractivity contribution in [1.29, 1.82) is 0 Å². The lowest BCUT2D eigenvalue weighted by molar-refractivity contribution is 0.0985. The van der Waals surface area contributed by atoms with E-state index in [0.29, 0.717) is 24.7 Å². The molecule has 0 bridgehead atoms. The monoisotopic (exact) mass is 375 g/mol. The third-order valence-corrected chi connectivity index (χ3v) is 5.77. The van der Waals surface area contributed by atoms with Crippen molar-refractivity contribution < 1.29 is 9.26 Å². The quantitative estimate of drug-likeness (QED) is 0.585. The Bertz CT molecular complexity index is 1180. The van der Waals surface area contributed by atoms with Crippen LogP contribution in [0.1, 0.15) is 31.4 Å². The van der Waals surface area contributed by atoms with Crippen LogP contribution in [0.15, 0.2) is 35.0 Å². The number of aromatic amines is 1. The number of fused-ring (bicyclic) bond motifs is 2. The Balaban J connectivity index is 1.61. The van der Waals surface area contributed by atoms with Gasteiger partial charge >= 0.3 is 0 Å². The molecule has 4 aromatic rings. The highest BCUT2D eigenvalue weighted by molar-refractivity contribution is 5.96. The van der Waals surface area contributed by atoms with E-state index in [2.05, 4.69) is 40.2 Å². The summed E-state index contributed by atoms with van der Waals surface area (Å²) in [4.78, 5) is 15.5. The lowest BCUT2D eigenvalue weighted by Crippen LogP contribution is -2.44. The molecule has 0 unspecified atom stereocenters. The molecule has 0 amide bonds. The van der Waals surface area contributed by atoms with Crippen molar-refractivity contribution in [2.45, 2.75) is 31.7 Å². The maximum absolute atomic E-state index is 5.78. The largest absolute Gasteiger partial charge is 0.377 e. The first kappa shape index (κ1) is 16.1. The number of anilines is 1. The third kappa shape index (κ3) is 2.43. The Kier molecular flexibility index (Phi) is 3.46. The first-order chi connectivity index (χ1) is 13.8. The van der Waals surface area contributed by atoms with E-state index >= 15 is 0 Å². The van der Waals surface area contributed by atoms with Crippen molar-refractivity contribution in [2.75, 3.05) is 24.7 Å².